The molecule has 1 aliphatic carbocycles. The minimum absolute atomic E-state index is 0. The zero-order valence-corrected chi connectivity index (χ0v) is 8.85. The van der Waals surface area contributed by atoms with Crippen LogP contribution in [-0.2, 0) is 0 Å². The first-order valence-corrected chi connectivity index (χ1v) is 4.94. The van der Waals surface area contributed by atoms with Crippen molar-refractivity contribution in [3.05, 3.63) is 0 Å². The summed E-state index contributed by atoms with van der Waals surface area (Å²) >= 11 is 0. The van der Waals surface area contributed by atoms with E-state index in [1.807, 2.05) is 0 Å². The van der Waals surface area contributed by atoms with Gasteiger partial charge in [-0.25, -0.2) is 8.78 Å². The molecule has 0 amide bonds. The molecule has 14 heavy (non-hydrogen) atoms. The normalized spacial score (nSPS) is 38.1. The van der Waals surface area contributed by atoms with Gasteiger partial charge in [-0.05, 0) is 19.3 Å². The highest BCUT2D eigenvalue weighted by atomic mass is 35.5. The average Bonchev–Trinajstić information content (AvgIpc) is 2.31. The Hall–Kier alpha value is 0.0700. The number of hydrogen-bond donors (Lipinski definition) is 1. The number of rotatable bonds is 2. The maximum absolute atomic E-state index is 12.2. The predicted molar refractivity (Wildman–Crippen MR) is 53.9 cm³/mol. The number of nitrogens with zero attached hydrogens (tertiary/aromatic N) is 1. The van der Waals surface area contributed by atoms with Gasteiger partial charge in [0, 0.05) is 31.1 Å². The topological polar surface area (TPSA) is 29.3 Å². The Morgan fingerprint density at radius 2 is 1.93 bits per heavy atom. The van der Waals surface area contributed by atoms with Crippen molar-refractivity contribution in [2.75, 3.05) is 13.1 Å². The Labute approximate surface area is 89.2 Å². The zero-order chi connectivity index (χ0) is 9.42. The molecule has 0 unspecified atom stereocenters. The molecule has 1 atom stereocenters. The lowest BCUT2D eigenvalue weighted by molar-refractivity contribution is -0.0164. The van der Waals surface area contributed by atoms with Crippen LogP contribution in [0.25, 0.3) is 0 Å². The number of likely N-dealkylation sites (tertiary alicyclic amines) is 1. The van der Waals surface area contributed by atoms with Gasteiger partial charge >= 0.3 is 0 Å². The fraction of sp³-hybridized carbons (Fsp3) is 1.00. The van der Waals surface area contributed by atoms with Crippen molar-refractivity contribution >= 4 is 12.4 Å². The lowest BCUT2D eigenvalue weighted by Crippen LogP contribution is -2.46. The Morgan fingerprint density at radius 1 is 1.29 bits per heavy atom. The fourth-order valence-corrected chi connectivity index (χ4v) is 2.28. The second-order valence-electron chi connectivity index (χ2n) is 4.26. The summed E-state index contributed by atoms with van der Waals surface area (Å²) in [5, 5.41) is 0. The van der Waals surface area contributed by atoms with Gasteiger partial charge in [-0.3, -0.25) is 4.90 Å². The van der Waals surface area contributed by atoms with E-state index < -0.39 is 6.43 Å². The molecule has 84 valence electrons. The van der Waals surface area contributed by atoms with E-state index in [0.29, 0.717) is 18.9 Å². The first-order chi connectivity index (χ1) is 6.16. The van der Waals surface area contributed by atoms with Crippen LogP contribution in [-0.4, -0.2) is 36.5 Å². The van der Waals surface area contributed by atoms with Gasteiger partial charge in [0.15, 0.2) is 0 Å². The minimum Gasteiger partial charge on any atom is -0.326 e. The highest BCUT2D eigenvalue weighted by molar-refractivity contribution is 5.85. The second kappa shape index (κ2) is 4.73. The summed E-state index contributed by atoms with van der Waals surface area (Å²) in [7, 11) is 0. The van der Waals surface area contributed by atoms with Crippen LogP contribution in [0.3, 0.4) is 0 Å². The molecule has 2 rings (SSSR count). The van der Waals surface area contributed by atoms with E-state index >= 15 is 0 Å². The predicted octanol–water partition coefficient (Wildman–Crippen LogP) is 1.48. The van der Waals surface area contributed by atoms with Crippen molar-refractivity contribution < 1.29 is 8.78 Å². The van der Waals surface area contributed by atoms with Crippen molar-refractivity contribution in [2.24, 2.45) is 11.7 Å². The molecular formula is C9H17ClF2N2. The molecule has 1 aliphatic heterocycles. The zero-order valence-electron chi connectivity index (χ0n) is 8.03. The Kier molecular flexibility index (Phi) is 4.10. The van der Waals surface area contributed by atoms with Gasteiger partial charge in [0.1, 0.15) is 0 Å². The maximum Gasteiger partial charge on any atom is 0.241 e. The van der Waals surface area contributed by atoms with Gasteiger partial charge in [-0.15, -0.1) is 12.4 Å². The molecule has 0 aromatic heterocycles. The molecular weight excluding hydrogens is 210 g/mol. The molecule has 2 fully saturated rings. The third-order valence-electron chi connectivity index (χ3n) is 3.28. The Bertz CT molecular complexity index is 186. The molecule has 0 radical (unpaired) electrons. The van der Waals surface area contributed by atoms with Crippen molar-refractivity contribution in [3.63, 3.8) is 0 Å². The van der Waals surface area contributed by atoms with E-state index in [0.717, 1.165) is 19.5 Å². The summed E-state index contributed by atoms with van der Waals surface area (Å²) in [6, 6.07) is 0.665. The number of halogens is 3. The van der Waals surface area contributed by atoms with E-state index in [4.69, 9.17) is 5.73 Å². The summed E-state index contributed by atoms with van der Waals surface area (Å²) in [5.74, 6) is -0.346. The number of hydrogen-bond acceptors (Lipinski definition) is 2. The molecule has 1 saturated carbocycles. The Morgan fingerprint density at radius 3 is 2.36 bits per heavy atom. The molecule has 1 saturated heterocycles. The molecule has 2 aliphatic rings. The Balaban J connectivity index is 0.000000980. The van der Waals surface area contributed by atoms with Crippen molar-refractivity contribution in [1.82, 2.24) is 4.90 Å². The summed E-state index contributed by atoms with van der Waals surface area (Å²) in [6.07, 6.45) is 0.248. The summed E-state index contributed by atoms with van der Waals surface area (Å²) in [5.41, 5.74) is 5.75. The van der Waals surface area contributed by atoms with Gasteiger partial charge in [0.05, 0.1) is 0 Å². The van der Waals surface area contributed by atoms with Crippen molar-refractivity contribution in [3.8, 4) is 0 Å². The second-order valence-corrected chi connectivity index (χ2v) is 4.26. The number of alkyl halides is 2. The smallest absolute Gasteiger partial charge is 0.241 e. The molecule has 1 heterocycles. The monoisotopic (exact) mass is 226 g/mol. The van der Waals surface area contributed by atoms with Crippen LogP contribution in [0.4, 0.5) is 8.78 Å². The van der Waals surface area contributed by atoms with Crippen LogP contribution < -0.4 is 5.73 Å². The summed E-state index contributed by atoms with van der Waals surface area (Å²) < 4.78 is 24.3. The van der Waals surface area contributed by atoms with E-state index in [2.05, 4.69) is 4.90 Å². The van der Waals surface area contributed by atoms with E-state index in [9.17, 15) is 8.78 Å². The molecule has 0 bridgehead atoms. The highest BCUT2D eigenvalue weighted by Gasteiger charge is 2.40. The van der Waals surface area contributed by atoms with Gasteiger partial charge in [-0.2, -0.15) is 0 Å². The first kappa shape index (κ1) is 12.1. The molecule has 2 nitrogen and oxygen atoms in total. The van der Waals surface area contributed by atoms with Crippen LogP contribution in [0.5, 0.6) is 0 Å². The lowest BCUT2D eigenvalue weighted by Gasteiger charge is -2.40. The van der Waals surface area contributed by atoms with Gasteiger partial charge in [0.25, 0.3) is 0 Å². The summed E-state index contributed by atoms with van der Waals surface area (Å²) in [4.78, 5) is 2.27. The van der Waals surface area contributed by atoms with Gasteiger partial charge < -0.3 is 5.73 Å². The van der Waals surface area contributed by atoms with Crippen LogP contribution in [0.2, 0.25) is 0 Å². The van der Waals surface area contributed by atoms with Crippen molar-refractivity contribution in [1.29, 1.82) is 0 Å². The maximum atomic E-state index is 12.2. The molecule has 0 spiro atoms. The minimum atomic E-state index is -2.12. The molecule has 0 aromatic carbocycles. The van der Waals surface area contributed by atoms with Gasteiger partial charge in [-0.1, -0.05) is 0 Å². The van der Waals surface area contributed by atoms with E-state index in [-0.39, 0.29) is 24.4 Å². The van der Waals surface area contributed by atoms with Crippen LogP contribution >= 0.6 is 12.4 Å². The van der Waals surface area contributed by atoms with Crippen LogP contribution in [0.1, 0.15) is 19.3 Å². The SMILES string of the molecule is Cl.N[C@@H]1CCN(C2CC(C(F)F)C2)C1. The number of nitrogens with two attached hydrogens (primary N) is 1. The van der Waals surface area contributed by atoms with Crippen molar-refractivity contribution in [2.45, 2.75) is 37.8 Å². The van der Waals surface area contributed by atoms with Crippen LogP contribution in [0, 0.1) is 5.92 Å². The molecule has 5 heteroatoms. The third kappa shape index (κ3) is 2.35. The fourth-order valence-electron chi connectivity index (χ4n) is 2.28. The third-order valence-corrected chi connectivity index (χ3v) is 3.28. The molecule has 2 N–H and O–H groups in total. The molecule has 0 aromatic rings. The largest absolute Gasteiger partial charge is 0.326 e. The average molecular weight is 227 g/mol. The van der Waals surface area contributed by atoms with Crippen LogP contribution in [0.15, 0.2) is 0 Å². The van der Waals surface area contributed by atoms with E-state index in [1.54, 1.807) is 0 Å². The quantitative estimate of drug-likeness (QED) is 0.773. The summed E-state index contributed by atoms with van der Waals surface area (Å²) in [6.45, 7) is 1.91. The first-order valence-electron chi connectivity index (χ1n) is 4.94. The van der Waals surface area contributed by atoms with E-state index in [1.165, 1.54) is 0 Å². The standard InChI is InChI=1S/C9H16F2N2.ClH/c10-9(11)6-3-8(4-6)13-2-1-7(12)5-13;/h6-9H,1-5,12H2;1H/t6?,7-,8?;/m1./s1. The lowest BCUT2D eigenvalue weighted by atomic mass is 9.80. The van der Waals surface area contributed by atoms with Gasteiger partial charge in [0.2, 0.25) is 6.43 Å². The highest BCUT2D eigenvalue weighted by Crippen LogP contribution is 2.37.